The van der Waals surface area contributed by atoms with E-state index in [9.17, 15) is 0 Å². The summed E-state index contributed by atoms with van der Waals surface area (Å²) in [5, 5.41) is 3.56. The standard InChI is InChI=1S/C14H19BrClN/c15-14-7-2-1-4-13(14)10-17-9-12-6-3-5-11(12)8-16/h1-2,4,7,11-12,17H,3,5-6,8-10H2. The Balaban J connectivity index is 1.78. The van der Waals surface area contributed by atoms with Crippen LogP contribution in [0.5, 0.6) is 0 Å². The van der Waals surface area contributed by atoms with Crippen LogP contribution in [0.25, 0.3) is 0 Å². The largest absolute Gasteiger partial charge is 0.312 e. The van der Waals surface area contributed by atoms with Gasteiger partial charge in [0.05, 0.1) is 0 Å². The fourth-order valence-electron chi connectivity index (χ4n) is 2.62. The van der Waals surface area contributed by atoms with E-state index < -0.39 is 0 Å². The van der Waals surface area contributed by atoms with Crippen molar-refractivity contribution in [2.75, 3.05) is 12.4 Å². The van der Waals surface area contributed by atoms with Crippen molar-refractivity contribution < 1.29 is 0 Å². The molecule has 1 aromatic carbocycles. The van der Waals surface area contributed by atoms with Crippen LogP contribution in [0.2, 0.25) is 0 Å². The van der Waals surface area contributed by atoms with Gasteiger partial charge in [-0.15, -0.1) is 11.6 Å². The smallest absolute Gasteiger partial charge is 0.0254 e. The second-order valence-corrected chi connectivity index (χ2v) is 5.99. The first-order valence-electron chi connectivity index (χ1n) is 6.31. The molecule has 94 valence electrons. The van der Waals surface area contributed by atoms with Gasteiger partial charge >= 0.3 is 0 Å². The van der Waals surface area contributed by atoms with Gasteiger partial charge in [0, 0.05) is 16.9 Å². The monoisotopic (exact) mass is 315 g/mol. The minimum absolute atomic E-state index is 0.725. The topological polar surface area (TPSA) is 12.0 Å². The van der Waals surface area contributed by atoms with E-state index in [1.165, 1.54) is 29.3 Å². The van der Waals surface area contributed by atoms with Crippen LogP contribution in [0, 0.1) is 11.8 Å². The maximum absolute atomic E-state index is 5.99. The fourth-order valence-corrected chi connectivity index (χ4v) is 3.45. The molecule has 1 aromatic rings. The lowest BCUT2D eigenvalue weighted by atomic mass is 9.98. The molecule has 0 spiro atoms. The summed E-state index contributed by atoms with van der Waals surface area (Å²) in [5.74, 6) is 2.32. The summed E-state index contributed by atoms with van der Waals surface area (Å²) < 4.78 is 1.19. The van der Waals surface area contributed by atoms with Gasteiger partial charge < -0.3 is 5.32 Å². The molecule has 2 unspecified atom stereocenters. The van der Waals surface area contributed by atoms with E-state index >= 15 is 0 Å². The van der Waals surface area contributed by atoms with Gasteiger partial charge in [0.1, 0.15) is 0 Å². The lowest BCUT2D eigenvalue weighted by molar-refractivity contribution is 0.395. The summed E-state index contributed by atoms with van der Waals surface area (Å²) in [6.45, 7) is 2.03. The number of nitrogens with one attached hydrogen (secondary N) is 1. The van der Waals surface area contributed by atoms with Gasteiger partial charge in [-0.05, 0) is 42.9 Å². The quantitative estimate of drug-likeness (QED) is 0.803. The molecule has 0 bridgehead atoms. The second-order valence-electron chi connectivity index (χ2n) is 4.83. The minimum atomic E-state index is 0.725. The summed E-state index contributed by atoms with van der Waals surface area (Å²) in [6.07, 6.45) is 3.99. The Morgan fingerprint density at radius 2 is 2.00 bits per heavy atom. The molecule has 3 heteroatoms. The molecule has 1 N–H and O–H groups in total. The molecule has 2 rings (SSSR count). The fraction of sp³-hybridized carbons (Fsp3) is 0.571. The molecule has 1 nitrogen and oxygen atoms in total. The number of alkyl halides is 1. The maximum atomic E-state index is 5.99. The van der Waals surface area contributed by atoms with Crippen molar-refractivity contribution in [1.82, 2.24) is 5.32 Å². The summed E-state index contributed by atoms with van der Waals surface area (Å²) in [6, 6.07) is 8.38. The molecule has 0 aliphatic heterocycles. The number of hydrogen-bond donors (Lipinski definition) is 1. The Morgan fingerprint density at radius 3 is 2.76 bits per heavy atom. The van der Waals surface area contributed by atoms with Gasteiger partial charge in [-0.25, -0.2) is 0 Å². The van der Waals surface area contributed by atoms with Crippen molar-refractivity contribution in [2.24, 2.45) is 11.8 Å². The van der Waals surface area contributed by atoms with Crippen molar-refractivity contribution >= 4 is 27.5 Å². The van der Waals surface area contributed by atoms with Crippen molar-refractivity contribution in [3.8, 4) is 0 Å². The third-order valence-corrected chi connectivity index (χ3v) is 4.86. The third-order valence-electron chi connectivity index (χ3n) is 3.69. The van der Waals surface area contributed by atoms with Crippen molar-refractivity contribution in [3.63, 3.8) is 0 Å². The van der Waals surface area contributed by atoms with E-state index in [0.717, 1.165) is 30.8 Å². The molecule has 1 fully saturated rings. The highest BCUT2D eigenvalue weighted by atomic mass is 79.9. The number of rotatable bonds is 5. The van der Waals surface area contributed by atoms with Crippen LogP contribution in [-0.4, -0.2) is 12.4 Å². The zero-order chi connectivity index (χ0) is 12.1. The van der Waals surface area contributed by atoms with E-state index in [4.69, 9.17) is 11.6 Å². The highest BCUT2D eigenvalue weighted by Crippen LogP contribution is 2.32. The maximum Gasteiger partial charge on any atom is 0.0254 e. The van der Waals surface area contributed by atoms with Crippen LogP contribution in [0.1, 0.15) is 24.8 Å². The predicted octanol–water partition coefficient (Wildman–Crippen LogP) is 4.19. The molecular formula is C14H19BrClN. The van der Waals surface area contributed by atoms with E-state index in [2.05, 4.69) is 39.4 Å². The van der Waals surface area contributed by atoms with Crippen molar-refractivity contribution in [2.45, 2.75) is 25.8 Å². The molecule has 1 aliphatic carbocycles. The molecule has 1 aliphatic rings. The molecule has 17 heavy (non-hydrogen) atoms. The average molecular weight is 317 g/mol. The van der Waals surface area contributed by atoms with Crippen LogP contribution < -0.4 is 5.32 Å². The lowest BCUT2D eigenvalue weighted by Gasteiger charge is -2.17. The minimum Gasteiger partial charge on any atom is -0.312 e. The Morgan fingerprint density at radius 1 is 1.24 bits per heavy atom. The molecule has 1 saturated carbocycles. The first kappa shape index (κ1) is 13.4. The summed E-state index contributed by atoms with van der Waals surface area (Å²) in [7, 11) is 0. The molecule has 0 amide bonds. The van der Waals surface area contributed by atoms with Crippen molar-refractivity contribution in [1.29, 1.82) is 0 Å². The number of hydrogen-bond acceptors (Lipinski definition) is 1. The first-order chi connectivity index (χ1) is 8.31. The van der Waals surface area contributed by atoms with Crippen LogP contribution in [0.3, 0.4) is 0 Å². The molecule has 0 saturated heterocycles. The van der Waals surface area contributed by atoms with Gasteiger partial charge in [0.2, 0.25) is 0 Å². The molecule has 0 aromatic heterocycles. The first-order valence-corrected chi connectivity index (χ1v) is 7.64. The normalized spacial score (nSPS) is 24.1. The lowest BCUT2D eigenvalue weighted by Crippen LogP contribution is -2.25. The highest BCUT2D eigenvalue weighted by molar-refractivity contribution is 9.10. The Hall–Kier alpha value is -0.0500. The van der Waals surface area contributed by atoms with Gasteiger partial charge in [-0.3, -0.25) is 0 Å². The molecular weight excluding hydrogens is 298 g/mol. The van der Waals surface area contributed by atoms with Crippen LogP contribution >= 0.6 is 27.5 Å². The van der Waals surface area contributed by atoms with Crippen LogP contribution in [-0.2, 0) is 6.54 Å². The molecule has 0 radical (unpaired) electrons. The average Bonchev–Trinajstić information content (AvgIpc) is 2.79. The Bertz CT molecular complexity index is 356. The zero-order valence-electron chi connectivity index (χ0n) is 9.96. The van der Waals surface area contributed by atoms with Gasteiger partial charge in [0.15, 0.2) is 0 Å². The third kappa shape index (κ3) is 3.70. The molecule has 0 heterocycles. The summed E-state index contributed by atoms with van der Waals surface area (Å²) >= 11 is 9.56. The van der Waals surface area contributed by atoms with Crippen LogP contribution in [0.15, 0.2) is 28.7 Å². The van der Waals surface area contributed by atoms with E-state index in [-0.39, 0.29) is 0 Å². The van der Waals surface area contributed by atoms with E-state index in [1.807, 2.05) is 6.07 Å². The zero-order valence-corrected chi connectivity index (χ0v) is 12.3. The second kappa shape index (κ2) is 6.77. The van der Waals surface area contributed by atoms with Crippen LogP contribution in [0.4, 0.5) is 0 Å². The Labute approximate surface area is 117 Å². The van der Waals surface area contributed by atoms with Gasteiger partial charge in [-0.2, -0.15) is 0 Å². The van der Waals surface area contributed by atoms with E-state index in [0.29, 0.717) is 0 Å². The van der Waals surface area contributed by atoms with E-state index in [1.54, 1.807) is 0 Å². The summed E-state index contributed by atoms with van der Waals surface area (Å²) in [5.41, 5.74) is 1.33. The molecule has 2 atom stereocenters. The van der Waals surface area contributed by atoms with Gasteiger partial charge in [0.25, 0.3) is 0 Å². The van der Waals surface area contributed by atoms with Crippen molar-refractivity contribution in [3.05, 3.63) is 34.3 Å². The van der Waals surface area contributed by atoms with Gasteiger partial charge in [-0.1, -0.05) is 40.5 Å². The Kier molecular flexibility index (Phi) is 5.33. The highest BCUT2D eigenvalue weighted by Gasteiger charge is 2.25. The predicted molar refractivity (Wildman–Crippen MR) is 77.4 cm³/mol. The number of benzene rings is 1. The SMILES string of the molecule is ClCC1CCCC1CNCc1ccccc1Br. The summed E-state index contributed by atoms with van der Waals surface area (Å²) in [4.78, 5) is 0. The number of halogens is 2.